The van der Waals surface area contributed by atoms with Gasteiger partial charge in [0.05, 0.1) is 5.57 Å². The average Bonchev–Trinajstić information content (AvgIpc) is 2.40. The monoisotopic (exact) mass is 332 g/mol. The second-order valence-corrected chi connectivity index (χ2v) is 9.74. The molecule has 4 aliphatic rings. The average molecular weight is 332 g/mol. The molecule has 0 saturated heterocycles. The van der Waals surface area contributed by atoms with E-state index in [1.165, 1.54) is 19.3 Å². The van der Waals surface area contributed by atoms with E-state index in [-0.39, 0.29) is 17.2 Å². The van der Waals surface area contributed by atoms with Crippen LogP contribution in [0.25, 0.3) is 0 Å². The molecule has 4 heteroatoms. The fourth-order valence-electron chi connectivity index (χ4n) is 5.45. The molecular weight excluding hydrogens is 300 g/mol. The van der Waals surface area contributed by atoms with Crippen molar-refractivity contribution >= 4 is 11.7 Å². The van der Waals surface area contributed by atoms with Gasteiger partial charge in [0.15, 0.2) is 5.78 Å². The molecular formula is C20H32N2O2. The molecule has 1 N–H and O–H groups in total. The third-order valence-corrected chi connectivity index (χ3v) is 5.97. The number of rotatable bonds is 4. The quantitative estimate of drug-likeness (QED) is 0.489. The Labute approximate surface area is 146 Å². The Morgan fingerprint density at radius 3 is 1.83 bits per heavy atom. The van der Waals surface area contributed by atoms with Gasteiger partial charge in [-0.25, -0.2) is 0 Å². The van der Waals surface area contributed by atoms with E-state index in [1.807, 2.05) is 34.9 Å². The Bertz CT molecular complexity index is 533. The van der Waals surface area contributed by atoms with Gasteiger partial charge in [-0.15, -0.1) is 0 Å². The highest BCUT2D eigenvalue weighted by Gasteiger charge is 2.52. The first kappa shape index (κ1) is 17.5. The van der Waals surface area contributed by atoms with Crippen molar-refractivity contribution in [2.24, 2.45) is 23.2 Å². The zero-order valence-corrected chi connectivity index (χ0v) is 15.8. The summed E-state index contributed by atoms with van der Waals surface area (Å²) in [5.74, 6) is 2.06. The van der Waals surface area contributed by atoms with E-state index in [1.54, 1.807) is 11.1 Å². The summed E-state index contributed by atoms with van der Waals surface area (Å²) >= 11 is 0. The van der Waals surface area contributed by atoms with Crippen molar-refractivity contribution in [1.29, 1.82) is 0 Å². The van der Waals surface area contributed by atoms with Crippen LogP contribution in [-0.4, -0.2) is 36.2 Å². The molecule has 0 unspecified atom stereocenters. The van der Waals surface area contributed by atoms with Crippen molar-refractivity contribution in [1.82, 2.24) is 10.2 Å². The highest BCUT2D eigenvalue weighted by atomic mass is 16.2. The van der Waals surface area contributed by atoms with Gasteiger partial charge in [0.25, 0.3) is 5.91 Å². The molecule has 24 heavy (non-hydrogen) atoms. The maximum atomic E-state index is 13.0. The zero-order chi connectivity index (χ0) is 17.7. The molecule has 4 bridgehead atoms. The molecule has 0 atom stereocenters. The van der Waals surface area contributed by atoms with E-state index in [4.69, 9.17) is 0 Å². The molecule has 4 nitrogen and oxygen atoms in total. The smallest absolute Gasteiger partial charge is 0.256 e. The summed E-state index contributed by atoms with van der Waals surface area (Å²) in [6.45, 7) is 5.62. The minimum absolute atomic E-state index is 0.0601. The van der Waals surface area contributed by atoms with Gasteiger partial charge in [-0.05, 0) is 56.3 Å². The van der Waals surface area contributed by atoms with Crippen LogP contribution < -0.4 is 5.32 Å². The van der Waals surface area contributed by atoms with Crippen LogP contribution in [0, 0.1) is 23.2 Å². The standard InChI is InChI=1S/C20H32N2O2/c1-19(2,3)17(23)16(12-22(4)5)18(24)21-20-9-13-6-14(10-20)8-15(7-13)11-20/h12-15H,6-11H2,1-5H3,(H,21,24). The van der Waals surface area contributed by atoms with Crippen LogP contribution in [0.2, 0.25) is 0 Å². The van der Waals surface area contributed by atoms with Gasteiger partial charge >= 0.3 is 0 Å². The first-order chi connectivity index (χ1) is 11.1. The molecule has 4 fully saturated rings. The van der Waals surface area contributed by atoms with Crippen LogP contribution in [0.4, 0.5) is 0 Å². The van der Waals surface area contributed by atoms with Crippen molar-refractivity contribution in [2.45, 2.75) is 64.8 Å². The number of carbonyl (C=O) groups is 2. The van der Waals surface area contributed by atoms with Crippen LogP contribution in [0.5, 0.6) is 0 Å². The van der Waals surface area contributed by atoms with Crippen molar-refractivity contribution in [2.75, 3.05) is 14.1 Å². The predicted molar refractivity (Wildman–Crippen MR) is 95.3 cm³/mol. The van der Waals surface area contributed by atoms with Crippen molar-refractivity contribution in [3.8, 4) is 0 Å². The summed E-state index contributed by atoms with van der Waals surface area (Å²) in [5.41, 5.74) is -0.320. The number of nitrogens with one attached hydrogen (secondary N) is 1. The molecule has 0 spiro atoms. The molecule has 0 aliphatic heterocycles. The third-order valence-electron chi connectivity index (χ3n) is 5.97. The SMILES string of the molecule is CN(C)C=C(C(=O)NC12CC3CC(CC(C3)C1)C2)C(=O)C(C)(C)C. The summed E-state index contributed by atoms with van der Waals surface area (Å²) in [7, 11) is 3.71. The topological polar surface area (TPSA) is 49.4 Å². The number of hydrogen-bond donors (Lipinski definition) is 1. The Morgan fingerprint density at radius 1 is 1.00 bits per heavy atom. The highest BCUT2D eigenvalue weighted by molar-refractivity contribution is 6.21. The van der Waals surface area contributed by atoms with Crippen molar-refractivity contribution in [3.63, 3.8) is 0 Å². The van der Waals surface area contributed by atoms with E-state index in [0.717, 1.165) is 37.0 Å². The van der Waals surface area contributed by atoms with E-state index in [9.17, 15) is 9.59 Å². The van der Waals surface area contributed by atoms with E-state index < -0.39 is 5.41 Å². The van der Waals surface area contributed by atoms with E-state index >= 15 is 0 Å². The van der Waals surface area contributed by atoms with Crippen LogP contribution >= 0.6 is 0 Å². The van der Waals surface area contributed by atoms with Gasteiger partial charge in [-0.1, -0.05) is 20.8 Å². The number of Topliss-reactive ketones (excluding diaryl/α,β-unsaturated/α-hetero) is 1. The Balaban J connectivity index is 1.80. The van der Waals surface area contributed by atoms with E-state index in [0.29, 0.717) is 5.57 Å². The number of nitrogens with zero attached hydrogens (tertiary/aromatic N) is 1. The fraction of sp³-hybridized carbons (Fsp3) is 0.800. The predicted octanol–water partition coefficient (Wildman–Crippen LogP) is 3.13. The Morgan fingerprint density at radius 2 is 1.46 bits per heavy atom. The van der Waals surface area contributed by atoms with Crippen LogP contribution in [0.3, 0.4) is 0 Å². The summed E-state index contributed by atoms with van der Waals surface area (Å²) in [6, 6.07) is 0. The molecule has 0 radical (unpaired) electrons. The molecule has 134 valence electrons. The summed E-state index contributed by atoms with van der Waals surface area (Å²) in [5, 5.41) is 3.33. The lowest BCUT2D eigenvalue weighted by Crippen LogP contribution is -2.60. The lowest BCUT2D eigenvalue weighted by Gasteiger charge is -2.57. The minimum Gasteiger partial charge on any atom is -0.383 e. The molecule has 1 amide bonds. The Hall–Kier alpha value is -1.32. The van der Waals surface area contributed by atoms with Crippen LogP contribution in [0.1, 0.15) is 59.3 Å². The number of amides is 1. The Kier molecular flexibility index (Phi) is 4.29. The molecule has 0 aromatic heterocycles. The second kappa shape index (κ2) is 5.89. The van der Waals surface area contributed by atoms with E-state index in [2.05, 4.69) is 5.32 Å². The first-order valence-electron chi connectivity index (χ1n) is 9.33. The maximum absolute atomic E-state index is 13.0. The fourth-order valence-corrected chi connectivity index (χ4v) is 5.45. The number of carbonyl (C=O) groups excluding carboxylic acids is 2. The molecule has 4 rings (SSSR count). The summed E-state index contributed by atoms with van der Waals surface area (Å²) in [6.07, 6.45) is 9.02. The van der Waals surface area contributed by atoms with Gasteiger partial charge in [0.2, 0.25) is 0 Å². The zero-order valence-electron chi connectivity index (χ0n) is 15.8. The van der Waals surface area contributed by atoms with Crippen LogP contribution in [-0.2, 0) is 9.59 Å². The largest absolute Gasteiger partial charge is 0.383 e. The maximum Gasteiger partial charge on any atom is 0.256 e. The second-order valence-electron chi connectivity index (χ2n) is 9.74. The van der Waals surface area contributed by atoms with Gasteiger partial charge in [0, 0.05) is 31.2 Å². The van der Waals surface area contributed by atoms with Crippen molar-refractivity contribution in [3.05, 3.63) is 11.8 Å². The molecule has 4 aliphatic carbocycles. The normalized spacial score (nSPS) is 35.0. The number of hydrogen-bond acceptors (Lipinski definition) is 3. The molecule has 0 heterocycles. The summed E-state index contributed by atoms with van der Waals surface area (Å²) in [4.78, 5) is 27.6. The van der Waals surface area contributed by atoms with Crippen LogP contribution in [0.15, 0.2) is 11.8 Å². The minimum atomic E-state index is -0.555. The molecule has 4 saturated carbocycles. The van der Waals surface area contributed by atoms with Crippen molar-refractivity contribution < 1.29 is 9.59 Å². The molecule has 0 aromatic rings. The summed E-state index contributed by atoms with van der Waals surface area (Å²) < 4.78 is 0. The third kappa shape index (κ3) is 3.38. The first-order valence-corrected chi connectivity index (χ1v) is 9.33. The van der Waals surface area contributed by atoms with Gasteiger partial charge in [-0.3, -0.25) is 9.59 Å². The van der Waals surface area contributed by atoms with Gasteiger partial charge < -0.3 is 10.2 Å². The molecule has 0 aromatic carbocycles. The lowest BCUT2D eigenvalue weighted by atomic mass is 9.53. The van der Waals surface area contributed by atoms with Gasteiger partial charge in [-0.2, -0.15) is 0 Å². The highest BCUT2D eigenvalue weighted by Crippen LogP contribution is 2.55. The number of ketones is 1. The lowest BCUT2D eigenvalue weighted by molar-refractivity contribution is -0.129. The van der Waals surface area contributed by atoms with Gasteiger partial charge in [0.1, 0.15) is 0 Å².